The Morgan fingerprint density at radius 3 is 2.30 bits per heavy atom. The zero-order chi connectivity index (χ0) is 18.6. The Morgan fingerprint density at radius 1 is 0.963 bits per heavy atom. The molecular formula is C21H26N4O2. The normalized spacial score (nSPS) is 16.8. The van der Waals surface area contributed by atoms with Gasteiger partial charge in [0.2, 0.25) is 0 Å². The van der Waals surface area contributed by atoms with Gasteiger partial charge in [-0.3, -0.25) is 0 Å². The number of benzene rings is 2. The number of urea groups is 1. The summed E-state index contributed by atoms with van der Waals surface area (Å²) in [7, 11) is 1.72. The van der Waals surface area contributed by atoms with Crippen LogP contribution in [-0.4, -0.2) is 45.4 Å². The van der Waals surface area contributed by atoms with Crippen molar-refractivity contribution in [3.63, 3.8) is 0 Å². The van der Waals surface area contributed by atoms with Crippen LogP contribution < -0.4 is 25.2 Å². The Labute approximate surface area is 160 Å². The lowest BCUT2D eigenvalue weighted by Crippen LogP contribution is -2.46. The molecule has 1 saturated carbocycles. The van der Waals surface area contributed by atoms with E-state index in [9.17, 15) is 4.79 Å². The maximum absolute atomic E-state index is 11.8. The van der Waals surface area contributed by atoms with Crippen molar-refractivity contribution in [3.8, 4) is 5.75 Å². The molecular weight excluding hydrogens is 340 g/mol. The molecule has 4 rings (SSSR count). The Bertz CT molecular complexity index is 781. The minimum Gasteiger partial charge on any atom is -0.495 e. The summed E-state index contributed by atoms with van der Waals surface area (Å²) in [4.78, 5) is 16.6. The smallest absolute Gasteiger partial charge is 0.319 e. The van der Waals surface area contributed by atoms with Crippen molar-refractivity contribution < 1.29 is 9.53 Å². The van der Waals surface area contributed by atoms with Crippen LogP contribution in [0.4, 0.5) is 21.9 Å². The monoisotopic (exact) mass is 366 g/mol. The van der Waals surface area contributed by atoms with Gasteiger partial charge in [0, 0.05) is 43.6 Å². The highest BCUT2D eigenvalue weighted by Crippen LogP contribution is 2.29. The number of rotatable bonds is 5. The largest absolute Gasteiger partial charge is 0.495 e. The lowest BCUT2D eigenvalue weighted by atomic mass is 10.2. The van der Waals surface area contributed by atoms with Gasteiger partial charge in [0.1, 0.15) is 5.75 Å². The molecule has 0 unspecified atom stereocenters. The van der Waals surface area contributed by atoms with E-state index in [0.29, 0.717) is 6.04 Å². The van der Waals surface area contributed by atoms with E-state index in [2.05, 4.69) is 44.7 Å². The number of nitrogens with one attached hydrogen (secondary N) is 2. The van der Waals surface area contributed by atoms with E-state index < -0.39 is 0 Å². The molecule has 27 heavy (non-hydrogen) atoms. The molecule has 2 aromatic rings. The summed E-state index contributed by atoms with van der Waals surface area (Å²) in [6, 6.07) is 16.5. The number of hydrogen-bond acceptors (Lipinski definition) is 4. The van der Waals surface area contributed by atoms with Crippen molar-refractivity contribution in [3.05, 3.63) is 48.5 Å². The third-order valence-electron chi connectivity index (χ3n) is 5.11. The van der Waals surface area contributed by atoms with Crippen molar-refractivity contribution in [2.75, 3.05) is 48.4 Å². The van der Waals surface area contributed by atoms with Crippen LogP contribution in [-0.2, 0) is 0 Å². The number of amides is 2. The maximum Gasteiger partial charge on any atom is 0.319 e. The summed E-state index contributed by atoms with van der Waals surface area (Å²) in [6.45, 7) is 3.80. The quantitative estimate of drug-likeness (QED) is 0.852. The molecule has 0 spiro atoms. The fraction of sp³-hybridized carbons (Fsp3) is 0.381. The zero-order valence-electron chi connectivity index (χ0n) is 15.6. The van der Waals surface area contributed by atoms with E-state index in [0.717, 1.165) is 56.1 Å². The summed E-state index contributed by atoms with van der Waals surface area (Å²) >= 11 is 0. The van der Waals surface area contributed by atoms with E-state index in [-0.39, 0.29) is 6.03 Å². The SMILES string of the molecule is COc1ccccc1N1CCN(c2ccc(NC(=O)NC3CC3)cc2)CC1. The number of methoxy groups -OCH3 is 1. The van der Waals surface area contributed by atoms with Crippen LogP contribution in [0.1, 0.15) is 12.8 Å². The van der Waals surface area contributed by atoms with Gasteiger partial charge in [-0.05, 0) is 49.2 Å². The second kappa shape index (κ2) is 7.78. The average Bonchev–Trinajstić information content (AvgIpc) is 3.52. The Balaban J connectivity index is 1.33. The van der Waals surface area contributed by atoms with E-state index >= 15 is 0 Å². The van der Waals surface area contributed by atoms with E-state index in [1.165, 1.54) is 5.69 Å². The highest BCUT2D eigenvalue weighted by Gasteiger charge is 2.23. The summed E-state index contributed by atoms with van der Waals surface area (Å²) in [6.07, 6.45) is 2.18. The van der Waals surface area contributed by atoms with Crippen LogP contribution in [0.3, 0.4) is 0 Å². The number of nitrogens with zero attached hydrogens (tertiary/aromatic N) is 2. The van der Waals surface area contributed by atoms with Crippen molar-refractivity contribution in [2.24, 2.45) is 0 Å². The molecule has 2 amide bonds. The van der Waals surface area contributed by atoms with Gasteiger partial charge in [-0.2, -0.15) is 0 Å². The third-order valence-corrected chi connectivity index (χ3v) is 5.11. The highest BCUT2D eigenvalue weighted by molar-refractivity contribution is 5.89. The van der Waals surface area contributed by atoms with Crippen molar-refractivity contribution in [1.29, 1.82) is 0 Å². The molecule has 6 nitrogen and oxygen atoms in total. The minimum absolute atomic E-state index is 0.115. The lowest BCUT2D eigenvalue weighted by Gasteiger charge is -2.37. The van der Waals surface area contributed by atoms with Gasteiger partial charge in [0.05, 0.1) is 12.8 Å². The molecule has 0 atom stereocenters. The molecule has 0 aromatic heterocycles. The molecule has 6 heteroatoms. The van der Waals surface area contributed by atoms with Gasteiger partial charge >= 0.3 is 6.03 Å². The predicted octanol–water partition coefficient (Wildman–Crippen LogP) is 3.31. The first-order valence-electron chi connectivity index (χ1n) is 9.53. The molecule has 1 aliphatic carbocycles. The van der Waals surface area contributed by atoms with Crippen LogP contribution in [0.15, 0.2) is 48.5 Å². The van der Waals surface area contributed by atoms with E-state index in [1.54, 1.807) is 7.11 Å². The number of carbonyl (C=O) groups excluding carboxylic acids is 1. The number of piperazine rings is 1. The first-order valence-corrected chi connectivity index (χ1v) is 9.53. The highest BCUT2D eigenvalue weighted by atomic mass is 16.5. The summed E-state index contributed by atoms with van der Waals surface area (Å²) in [5.74, 6) is 0.922. The Kier molecular flexibility index (Phi) is 5.05. The Hall–Kier alpha value is -2.89. The molecule has 1 heterocycles. The van der Waals surface area contributed by atoms with Crippen LogP contribution >= 0.6 is 0 Å². The fourth-order valence-electron chi connectivity index (χ4n) is 3.43. The number of hydrogen-bond donors (Lipinski definition) is 2. The topological polar surface area (TPSA) is 56.8 Å². The van der Waals surface area contributed by atoms with Crippen molar-refractivity contribution in [2.45, 2.75) is 18.9 Å². The average molecular weight is 366 g/mol. The second-order valence-electron chi connectivity index (χ2n) is 7.07. The number of carbonyl (C=O) groups is 1. The van der Waals surface area contributed by atoms with Gasteiger partial charge in [0.25, 0.3) is 0 Å². The number of anilines is 3. The van der Waals surface area contributed by atoms with Gasteiger partial charge < -0.3 is 25.2 Å². The number of ether oxygens (including phenoxy) is 1. The molecule has 1 aliphatic heterocycles. The standard InChI is InChI=1S/C21H26N4O2/c1-27-20-5-3-2-4-19(20)25-14-12-24(13-15-25)18-10-8-17(9-11-18)23-21(26)22-16-6-7-16/h2-5,8-11,16H,6-7,12-15H2,1H3,(H2,22,23,26). The van der Waals surface area contributed by atoms with Gasteiger partial charge in [-0.25, -0.2) is 4.79 Å². The van der Waals surface area contributed by atoms with Crippen LogP contribution in [0, 0.1) is 0 Å². The second-order valence-corrected chi connectivity index (χ2v) is 7.07. The molecule has 0 bridgehead atoms. The fourth-order valence-corrected chi connectivity index (χ4v) is 3.43. The molecule has 2 aromatic carbocycles. The van der Waals surface area contributed by atoms with Crippen molar-refractivity contribution in [1.82, 2.24) is 5.32 Å². The van der Waals surface area contributed by atoms with Gasteiger partial charge in [0.15, 0.2) is 0 Å². The summed E-state index contributed by atoms with van der Waals surface area (Å²) < 4.78 is 5.49. The van der Waals surface area contributed by atoms with E-state index in [4.69, 9.17) is 4.74 Å². The van der Waals surface area contributed by atoms with Crippen LogP contribution in [0.5, 0.6) is 5.75 Å². The molecule has 2 N–H and O–H groups in total. The van der Waals surface area contributed by atoms with E-state index in [1.807, 2.05) is 24.3 Å². The third kappa shape index (κ3) is 4.27. The lowest BCUT2D eigenvalue weighted by molar-refractivity contribution is 0.251. The van der Waals surface area contributed by atoms with Gasteiger partial charge in [-0.15, -0.1) is 0 Å². The van der Waals surface area contributed by atoms with Gasteiger partial charge in [-0.1, -0.05) is 12.1 Å². The van der Waals surface area contributed by atoms with Crippen molar-refractivity contribution >= 4 is 23.1 Å². The summed E-state index contributed by atoms with van der Waals surface area (Å²) in [5.41, 5.74) is 3.16. The Morgan fingerprint density at radius 2 is 1.63 bits per heavy atom. The summed E-state index contributed by atoms with van der Waals surface area (Å²) in [5, 5.41) is 5.83. The zero-order valence-corrected chi connectivity index (χ0v) is 15.6. The minimum atomic E-state index is -0.115. The molecule has 1 saturated heterocycles. The molecule has 2 aliphatic rings. The maximum atomic E-state index is 11.8. The predicted molar refractivity (Wildman–Crippen MR) is 109 cm³/mol. The first-order chi connectivity index (χ1) is 13.2. The van der Waals surface area contributed by atoms with Crippen LogP contribution in [0.2, 0.25) is 0 Å². The molecule has 142 valence electrons. The first kappa shape index (κ1) is 17.5. The molecule has 2 fully saturated rings. The molecule has 0 radical (unpaired) electrons. The van der Waals surface area contributed by atoms with Crippen LogP contribution in [0.25, 0.3) is 0 Å². The number of para-hydroxylation sites is 2.